The van der Waals surface area contributed by atoms with E-state index in [9.17, 15) is 0 Å². The van der Waals surface area contributed by atoms with Gasteiger partial charge in [0, 0.05) is 0 Å². The van der Waals surface area contributed by atoms with Gasteiger partial charge < -0.3 is 0 Å². The van der Waals surface area contributed by atoms with Crippen LogP contribution < -0.4 is 0 Å². The number of hydrogen-bond donors (Lipinski definition) is 0. The van der Waals surface area contributed by atoms with Gasteiger partial charge in [0.15, 0.2) is 0 Å². The topological polar surface area (TPSA) is 0 Å². The SMILES string of the molecule is CCCCCCCCCCCC1CCCC1(CCCCCCCCCCC)CCCCCCCCCCC. The zero-order chi connectivity index (χ0) is 27.4. The van der Waals surface area contributed by atoms with Crippen LogP contribution in [0.15, 0.2) is 0 Å². The first-order valence-electron chi connectivity index (χ1n) is 18.8. The van der Waals surface area contributed by atoms with Crippen LogP contribution in [-0.2, 0) is 0 Å². The van der Waals surface area contributed by atoms with Crippen LogP contribution >= 0.6 is 0 Å². The van der Waals surface area contributed by atoms with Gasteiger partial charge in [-0.15, -0.1) is 0 Å². The van der Waals surface area contributed by atoms with E-state index in [1.54, 1.807) is 32.1 Å². The van der Waals surface area contributed by atoms with Gasteiger partial charge in [-0.05, 0) is 43.4 Å². The molecule has 1 fully saturated rings. The molecule has 1 atom stereocenters. The van der Waals surface area contributed by atoms with E-state index in [0.717, 1.165) is 11.3 Å². The van der Waals surface area contributed by atoms with Crippen molar-refractivity contribution in [3.8, 4) is 0 Å². The van der Waals surface area contributed by atoms with Gasteiger partial charge in [-0.1, -0.05) is 201 Å². The highest BCUT2D eigenvalue weighted by Crippen LogP contribution is 2.52. The van der Waals surface area contributed by atoms with E-state index in [2.05, 4.69) is 20.8 Å². The largest absolute Gasteiger partial charge is 0.0654 e. The average Bonchev–Trinajstić information content (AvgIpc) is 3.32. The Morgan fingerprint density at radius 3 is 1.08 bits per heavy atom. The van der Waals surface area contributed by atoms with Crippen LogP contribution in [0.2, 0.25) is 0 Å². The van der Waals surface area contributed by atoms with E-state index < -0.39 is 0 Å². The minimum absolute atomic E-state index is 0.738. The lowest BCUT2D eigenvalue weighted by Gasteiger charge is -2.37. The van der Waals surface area contributed by atoms with Crippen molar-refractivity contribution < 1.29 is 0 Å². The van der Waals surface area contributed by atoms with Gasteiger partial charge in [-0.2, -0.15) is 0 Å². The second-order valence-corrected chi connectivity index (χ2v) is 13.7. The summed E-state index contributed by atoms with van der Waals surface area (Å²) in [5.74, 6) is 1.06. The molecule has 0 radical (unpaired) electrons. The molecule has 0 saturated heterocycles. The Balaban J connectivity index is 2.34. The fourth-order valence-corrected chi connectivity index (χ4v) is 7.72. The zero-order valence-electron chi connectivity index (χ0n) is 27.4. The summed E-state index contributed by atoms with van der Waals surface area (Å²) in [5, 5.41) is 0. The second-order valence-electron chi connectivity index (χ2n) is 13.7. The lowest BCUT2D eigenvalue weighted by molar-refractivity contribution is 0.141. The van der Waals surface area contributed by atoms with Crippen LogP contribution in [0.25, 0.3) is 0 Å². The summed E-state index contributed by atoms with van der Waals surface area (Å²) in [6.45, 7) is 6.99. The lowest BCUT2D eigenvalue weighted by Crippen LogP contribution is -2.26. The predicted molar refractivity (Wildman–Crippen MR) is 175 cm³/mol. The van der Waals surface area contributed by atoms with E-state index in [1.165, 1.54) is 180 Å². The monoisotopic (exact) mass is 533 g/mol. The summed E-state index contributed by atoms with van der Waals surface area (Å²) in [6, 6.07) is 0. The molecule has 0 spiro atoms. The molecule has 0 aliphatic heterocycles. The molecule has 0 N–H and O–H groups in total. The van der Waals surface area contributed by atoms with E-state index in [-0.39, 0.29) is 0 Å². The van der Waals surface area contributed by atoms with Gasteiger partial charge in [-0.25, -0.2) is 0 Å². The van der Waals surface area contributed by atoms with Crippen LogP contribution in [0, 0.1) is 11.3 Å². The van der Waals surface area contributed by atoms with Crippen LogP contribution in [-0.4, -0.2) is 0 Å². The van der Waals surface area contributed by atoms with Gasteiger partial charge in [0.05, 0.1) is 0 Å². The highest BCUT2D eigenvalue weighted by molar-refractivity contribution is 4.91. The third-order valence-corrected chi connectivity index (χ3v) is 10.3. The van der Waals surface area contributed by atoms with Crippen molar-refractivity contribution in [2.45, 2.75) is 233 Å². The molecule has 0 aromatic carbocycles. The molecule has 228 valence electrons. The van der Waals surface area contributed by atoms with Gasteiger partial charge in [0.25, 0.3) is 0 Å². The van der Waals surface area contributed by atoms with Crippen molar-refractivity contribution in [1.82, 2.24) is 0 Å². The Morgan fingerprint density at radius 1 is 0.395 bits per heavy atom. The fraction of sp³-hybridized carbons (Fsp3) is 1.00. The Kier molecular flexibility index (Phi) is 25.8. The number of hydrogen-bond acceptors (Lipinski definition) is 0. The lowest BCUT2D eigenvalue weighted by atomic mass is 9.68. The molecule has 1 rings (SSSR count). The Hall–Kier alpha value is 0. The summed E-state index contributed by atoms with van der Waals surface area (Å²) in [7, 11) is 0. The van der Waals surface area contributed by atoms with Crippen molar-refractivity contribution in [1.29, 1.82) is 0 Å². The third-order valence-electron chi connectivity index (χ3n) is 10.3. The van der Waals surface area contributed by atoms with E-state index in [1.807, 2.05) is 0 Å². The standard InChI is InChI=1S/C38H76/c1-4-7-10-13-16-19-22-25-28-32-37-33-31-36-38(37,34-29-26-23-20-17-14-11-8-5-2)35-30-27-24-21-18-15-12-9-6-3/h37H,4-36H2,1-3H3. The van der Waals surface area contributed by atoms with E-state index in [0.29, 0.717) is 0 Å². The first-order valence-corrected chi connectivity index (χ1v) is 18.8. The van der Waals surface area contributed by atoms with Crippen molar-refractivity contribution in [2.75, 3.05) is 0 Å². The van der Waals surface area contributed by atoms with Crippen molar-refractivity contribution >= 4 is 0 Å². The molecule has 0 aromatic heterocycles. The summed E-state index contributed by atoms with van der Waals surface area (Å²) in [4.78, 5) is 0. The molecular weight excluding hydrogens is 456 g/mol. The molecule has 0 heterocycles. The quantitative estimate of drug-likeness (QED) is 0.0807. The van der Waals surface area contributed by atoms with Crippen LogP contribution in [0.1, 0.15) is 233 Å². The van der Waals surface area contributed by atoms with Gasteiger partial charge in [-0.3, -0.25) is 0 Å². The molecule has 1 unspecified atom stereocenters. The normalized spacial score (nSPS) is 17.0. The number of rotatable bonds is 30. The summed E-state index contributed by atoms with van der Waals surface area (Å²) in [6.07, 6.45) is 49.3. The average molecular weight is 533 g/mol. The Bertz CT molecular complexity index is 429. The van der Waals surface area contributed by atoms with E-state index >= 15 is 0 Å². The minimum atomic E-state index is 0.738. The molecule has 0 amide bonds. The molecule has 0 nitrogen and oxygen atoms in total. The maximum absolute atomic E-state index is 2.33. The van der Waals surface area contributed by atoms with Gasteiger partial charge >= 0.3 is 0 Å². The van der Waals surface area contributed by atoms with Crippen LogP contribution in [0.5, 0.6) is 0 Å². The molecule has 38 heavy (non-hydrogen) atoms. The Labute approximate surface area is 243 Å². The maximum Gasteiger partial charge on any atom is -0.0269 e. The van der Waals surface area contributed by atoms with E-state index in [4.69, 9.17) is 0 Å². The van der Waals surface area contributed by atoms with Crippen molar-refractivity contribution in [2.24, 2.45) is 11.3 Å². The molecule has 1 aliphatic carbocycles. The molecule has 1 aliphatic rings. The maximum atomic E-state index is 2.33. The van der Waals surface area contributed by atoms with Crippen molar-refractivity contribution in [3.63, 3.8) is 0 Å². The van der Waals surface area contributed by atoms with Gasteiger partial charge in [0.2, 0.25) is 0 Å². The van der Waals surface area contributed by atoms with Crippen molar-refractivity contribution in [3.05, 3.63) is 0 Å². The molecule has 0 heteroatoms. The smallest absolute Gasteiger partial charge is 0.0269 e. The molecular formula is C38H76. The highest BCUT2D eigenvalue weighted by Gasteiger charge is 2.40. The zero-order valence-corrected chi connectivity index (χ0v) is 27.4. The minimum Gasteiger partial charge on any atom is -0.0654 e. The molecule has 0 aromatic rings. The third kappa shape index (κ3) is 19.1. The summed E-state index contributed by atoms with van der Waals surface area (Å²) in [5.41, 5.74) is 0.738. The van der Waals surface area contributed by atoms with Crippen LogP contribution in [0.4, 0.5) is 0 Å². The predicted octanol–water partition coefficient (Wildman–Crippen LogP) is 14.5. The molecule has 1 saturated carbocycles. The fourth-order valence-electron chi connectivity index (χ4n) is 7.72. The molecule has 0 bridgehead atoms. The summed E-state index contributed by atoms with van der Waals surface area (Å²) < 4.78 is 0. The second kappa shape index (κ2) is 27.2. The first-order chi connectivity index (χ1) is 18.8. The highest BCUT2D eigenvalue weighted by atomic mass is 14.5. The number of unbranched alkanes of at least 4 members (excludes halogenated alkanes) is 24. The Morgan fingerprint density at radius 2 is 0.711 bits per heavy atom. The van der Waals surface area contributed by atoms with Crippen LogP contribution in [0.3, 0.4) is 0 Å². The summed E-state index contributed by atoms with van der Waals surface area (Å²) >= 11 is 0. The van der Waals surface area contributed by atoms with Gasteiger partial charge in [0.1, 0.15) is 0 Å². The first kappa shape index (κ1) is 36.0.